The molecule has 0 spiro atoms. The fraction of sp³-hybridized carbons (Fsp3) is 0.174. The van der Waals surface area contributed by atoms with Crippen LogP contribution in [0.5, 0.6) is 11.5 Å². The molecule has 1 amide bonds. The molecule has 4 rings (SSSR count). The third-order valence-corrected chi connectivity index (χ3v) is 4.98. The second-order valence-electron chi connectivity index (χ2n) is 7.04. The molecule has 7 heteroatoms. The summed E-state index contributed by atoms with van der Waals surface area (Å²) in [5, 5.41) is 3.47. The zero-order chi connectivity index (χ0) is 21.1. The number of hydrogen-bond acceptors (Lipinski definition) is 4. The molecule has 6 nitrogen and oxygen atoms in total. The number of aromatic nitrogens is 3. The van der Waals surface area contributed by atoms with Crippen LogP contribution in [0, 0.1) is 0 Å². The molecule has 3 aromatic rings. The number of fused-ring (bicyclic) bond motifs is 1. The van der Waals surface area contributed by atoms with Gasteiger partial charge in [0.05, 0.1) is 11.0 Å². The quantitative estimate of drug-likeness (QED) is 0.610. The molecule has 2 heterocycles. The molecule has 0 fully saturated rings. The van der Waals surface area contributed by atoms with Crippen molar-refractivity contribution in [3.05, 3.63) is 77.3 Å². The lowest BCUT2D eigenvalue weighted by Gasteiger charge is -2.07. The highest BCUT2D eigenvalue weighted by atomic mass is 35.5. The van der Waals surface area contributed by atoms with Gasteiger partial charge in [0.1, 0.15) is 23.1 Å². The number of amides is 1. The molecule has 0 radical (unpaired) electrons. The number of benzene rings is 1. The zero-order valence-corrected chi connectivity index (χ0v) is 17.5. The van der Waals surface area contributed by atoms with E-state index < -0.39 is 0 Å². The second kappa shape index (κ2) is 8.55. The number of pyridine rings is 1. The van der Waals surface area contributed by atoms with Crippen LogP contribution >= 0.6 is 11.6 Å². The van der Waals surface area contributed by atoms with Gasteiger partial charge in [0.15, 0.2) is 0 Å². The fourth-order valence-electron chi connectivity index (χ4n) is 3.25. The average molecular weight is 421 g/mol. The van der Waals surface area contributed by atoms with Crippen molar-refractivity contribution in [1.29, 1.82) is 0 Å². The molecule has 0 saturated carbocycles. The number of anilines is 1. The largest absolute Gasteiger partial charge is 0.457 e. The van der Waals surface area contributed by atoms with Crippen LogP contribution in [0.25, 0.3) is 11.0 Å². The number of carbonyl (C=O) groups is 1. The lowest BCUT2D eigenvalue weighted by molar-refractivity contribution is -0.114. The Morgan fingerprint density at radius 3 is 2.90 bits per heavy atom. The monoisotopic (exact) mass is 420 g/mol. The molecular weight excluding hydrogens is 400 g/mol. The molecule has 0 aliphatic heterocycles. The second-order valence-corrected chi connectivity index (χ2v) is 7.52. The minimum atomic E-state index is -0.182. The molecule has 1 aromatic carbocycles. The summed E-state index contributed by atoms with van der Waals surface area (Å²) in [5.74, 6) is 2.47. The van der Waals surface area contributed by atoms with Crippen LogP contribution < -0.4 is 10.1 Å². The average Bonchev–Trinajstić information content (AvgIpc) is 2.85. The van der Waals surface area contributed by atoms with Crippen molar-refractivity contribution in [1.82, 2.24) is 14.5 Å². The first-order valence-electron chi connectivity index (χ1n) is 9.56. The molecule has 0 saturated heterocycles. The first-order chi connectivity index (χ1) is 14.5. The maximum absolute atomic E-state index is 11.2. The Bertz CT molecular complexity index is 1210. The smallest absolute Gasteiger partial charge is 0.222 e. The Hall–Kier alpha value is -3.38. The normalized spacial score (nSPS) is 13.6. The van der Waals surface area contributed by atoms with Crippen LogP contribution in [0.2, 0.25) is 0 Å². The molecule has 1 aliphatic carbocycles. The van der Waals surface area contributed by atoms with Gasteiger partial charge in [-0.2, -0.15) is 0 Å². The fourth-order valence-corrected chi connectivity index (χ4v) is 3.41. The van der Waals surface area contributed by atoms with E-state index in [-0.39, 0.29) is 5.91 Å². The Morgan fingerprint density at radius 2 is 2.07 bits per heavy atom. The number of hydrogen-bond donors (Lipinski definition) is 1. The van der Waals surface area contributed by atoms with E-state index in [0.717, 1.165) is 33.9 Å². The van der Waals surface area contributed by atoms with Crippen molar-refractivity contribution in [2.24, 2.45) is 7.05 Å². The molecule has 2 aromatic heterocycles. The van der Waals surface area contributed by atoms with Gasteiger partial charge in [0.25, 0.3) is 0 Å². The van der Waals surface area contributed by atoms with Crippen molar-refractivity contribution in [2.45, 2.75) is 19.8 Å². The maximum Gasteiger partial charge on any atom is 0.222 e. The van der Waals surface area contributed by atoms with E-state index in [1.165, 1.54) is 6.92 Å². The summed E-state index contributed by atoms with van der Waals surface area (Å²) in [6.45, 7) is 1.44. The highest BCUT2D eigenvalue weighted by Crippen LogP contribution is 2.27. The van der Waals surface area contributed by atoms with Crippen molar-refractivity contribution >= 4 is 34.4 Å². The summed E-state index contributed by atoms with van der Waals surface area (Å²) in [4.78, 5) is 20.1. The minimum Gasteiger partial charge on any atom is -0.457 e. The maximum atomic E-state index is 11.2. The van der Waals surface area contributed by atoms with Gasteiger partial charge in [-0.15, -0.1) is 0 Å². The molecule has 1 aliphatic rings. The zero-order valence-electron chi connectivity index (χ0n) is 16.7. The van der Waals surface area contributed by atoms with Crippen LogP contribution in [0.1, 0.15) is 19.2 Å². The van der Waals surface area contributed by atoms with E-state index in [0.29, 0.717) is 23.7 Å². The standard InChI is InChI=1S/C23H21ClN4O2/c1-15(29)26-22-14-19(10-11-25-22)30-18-8-9-21-20(13-18)27-23(28(21)2)12-16-4-3-5-17(24)7-6-16/h3-4,6-11,13-14H,5,12H2,1-2H3,(H,25,26,29). The predicted molar refractivity (Wildman–Crippen MR) is 119 cm³/mol. The van der Waals surface area contributed by atoms with Gasteiger partial charge in [-0.3, -0.25) is 4.79 Å². The lowest BCUT2D eigenvalue weighted by atomic mass is 10.1. The highest BCUT2D eigenvalue weighted by molar-refractivity contribution is 6.29. The van der Waals surface area contributed by atoms with Crippen molar-refractivity contribution in [3.8, 4) is 11.5 Å². The van der Waals surface area contributed by atoms with Crippen molar-refractivity contribution < 1.29 is 9.53 Å². The summed E-state index contributed by atoms with van der Waals surface area (Å²) in [7, 11) is 2.01. The third kappa shape index (κ3) is 4.60. The number of nitrogens with zero attached hydrogens (tertiary/aromatic N) is 3. The number of nitrogens with one attached hydrogen (secondary N) is 1. The first-order valence-corrected chi connectivity index (χ1v) is 9.94. The third-order valence-electron chi connectivity index (χ3n) is 4.70. The van der Waals surface area contributed by atoms with E-state index in [2.05, 4.69) is 27.0 Å². The van der Waals surface area contributed by atoms with Crippen LogP contribution in [0.4, 0.5) is 5.82 Å². The van der Waals surface area contributed by atoms with E-state index in [4.69, 9.17) is 21.3 Å². The molecule has 0 bridgehead atoms. The van der Waals surface area contributed by atoms with Crippen molar-refractivity contribution in [2.75, 3.05) is 5.32 Å². The van der Waals surface area contributed by atoms with Gasteiger partial charge in [0.2, 0.25) is 5.91 Å². The predicted octanol–water partition coefficient (Wildman–Crippen LogP) is 5.27. The van der Waals surface area contributed by atoms with Crippen LogP contribution in [-0.2, 0) is 18.3 Å². The summed E-state index contributed by atoms with van der Waals surface area (Å²) in [5.41, 5.74) is 3.04. The molecule has 1 N–H and O–H groups in total. The number of ether oxygens (including phenoxy) is 1. The molecular formula is C23H21ClN4O2. The van der Waals surface area contributed by atoms with Crippen LogP contribution in [0.15, 0.2) is 71.4 Å². The van der Waals surface area contributed by atoms with E-state index >= 15 is 0 Å². The molecule has 30 heavy (non-hydrogen) atoms. The Morgan fingerprint density at radius 1 is 1.23 bits per heavy atom. The van der Waals surface area contributed by atoms with E-state index in [1.54, 1.807) is 18.3 Å². The Kier molecular flexibility index (Phi) is 5.68. The first kappa shape index (κ1) is 19.9. The number of halogens is 1. The SMILES string of the molecule is CC(=O)Nc1cc(Oc2ccc3c(c2)nc(CC2=CC=C(Cl)CC=C2)n3C)ccn1. The Balaban J connectivity index is 1.57. The summed E-state index contributed by atoms with van der Waals surface area (Å²) in [6.07, 6.45) is 11.2. The summed E-state index contributed by atoms with van der Waals surface area (Å²) < 4.78 is 8.04. The lowest BCUT2D eigenvalue weighted by Crippen LogP contribution is -2.07. The van der Waals surface area contributed by atoms with Gasteiger partial charge in [-0.05, 0) is 29.8 Å². The van der Waals surface area contributed by atoms with Gasteiger partial charge in [-0.1, -0.05) is 29.8 Å². The number of allylic oxidation sites excluding steroid dienone is 6. The van der Waals surface area contributed by atoms with Gasteiger partial charge >= 0.3 is 0 Å². The van der Waals surface area contributed by atoms with Crippen LogP contribution in [0.3, 0.4) is 0 Å². The van der Waals surface area contributed by atoms with E-state index in [9.17, 15) is 4.79 Å². The summed E-state index contributed by atoms with van der Waals surface area (Å²) in [6, 6.07) is 9.22. The van der Waals surface area contributed by atoms with Crippen LogP contribution in [-0.4, -0.2) is 20.4 Å². The Labute approximate surface area is 179 Å². The number of imidazole rings is 1. The van der Waals surface area contributed by atoms with Gasteiger partial charge in [-0.25, -0.2) is 9.97 Å². The minimum absolute atomic E-state index is 0.182. The highest BCUT2D eigenvalue weighted by Gasteiger charge is 2.11. The van der Waals surface area contributed by atoms with Gasteiger partial charge in [0, 0.05) is 50.2 Å². The number of rotatable bonds is 5. The summed E-state index contributed by atoms with van der Waals surface area (Å²) >= 11 is 6.11. The van der Waals surface area contributed by atoms with E-state index in [1.807, 2.05) is 37.4 Å². The number of aryl methyl sites for hydroxylation is 1. The molecule has 0 unspecified atom stereocenters. The molecule has 0 atom stereocenters. The topological polar surface area (TPSA) is 69.0 Å². The van der Waals surface area contributed by atoms with Crippen molar-refractivity contribution in [3.63, 3.8) is 0 Å². The van der Waals surface area contributed by atoms with Gasteiger partial charge < -0.3 is 14.6 Å². The molecule has 152 valence electrons. The number of carbonyl (C=O) groups excluding carboxylic acids is 1.